The van der Waals surface area contributed by atoms with Crippen LogP contribution in [0.1, 0.15) is 44.3 Å². The van der Waals surface area contributed by atoms with Crippen molar-refractivity contribution in [1.29, 1.82) is 0 Å². The van der Waals surface area contributed by atoms with Gasteiger partial charge in [-0.1, -0.05) is 0 Å². The summed E-state index contributed by atoms with van der Waals surface area (Å²) < 4.78 is 2.07. The molecule has 3 heterocycles. The normalized spacial score (nSPS) is 23.7. The molecule has 2 amide bonds. The van der Waals surface area contributed by atoms with Crippen LogP contribution in [0.25, 0.3) is 0 Å². The van der Waals surface area contributed by atoms with Gasteiger partial charge in [0.05, 0.1) is 6.61 Å². The second-order valence-electron chi connectivity index (χ2n) is 7.73. The van der Waals surface area contributed by atoms with Gasteiger partial charge in [-0.3, -0.25) is 9.59 Å². The Morgan fingerprint density at radius 2 is 2.15 bits per heavy atom. The van der Waals surface area contributed by atoms with Crippen LogP contribution < -0.4 is 0 Å². The van der Waals surface area contributed by atoms with Crippen LogP contribution in [0.2, 0.25) is 0 Å². The molecule has 1 aromatic rings. The van der Waals surface area contributed by atoms with Gasteiger partial charge in [0, 0.05) is 63.4 Å². The van der Waals surface area contributed by atoms with E-state index in [1.165, 1.54) is 0 Å². The van der Waals surface area contributed by atoms with Gasteiger partial charge in [0.1, 0.15) is 5.82 Å². The molecule has 0 radical (unpaired) electrons. The summed E-state index contributed by atoms with van der Waals surface area (Å²) >= 11 is 0. The van der Waals surface area contributed by atoms with Crippen molar-refractivity contribution < 1.29 is 14.7 Å². The molecule has 2 saturated heterocycles. The zero-order chi connectivity index (χ0) is 18.6. The number of aryl methyl sites for hydroxylation is 2. The minimum absolute atomic E-state index is 0.00185. The van der Waals surface area contributed by atoms with Crippen LogP contribution in [0, 0.1) is 12.3 Å². The lowest BCUT2D eigenvalue weighted by molar-refractivity contribution is -0.143. The predicted molar refractivity (Wildman–Crippen MR) is 97.3 cm³/mol. The zero-order valence-corrected chi connectivity index (χ0v) is 15.7. The molecular weight excluding hydrogens is 332 g/mol. The van der Waals surface area contributed by atoms with E-state index in [2.05, 4.69) is 9.55 Å². The van der Waals surface area contributed by atoms with Crippen molar-refractivity contribution >= 4 is 11.8 Å². The fourth-order valence-electron chi connectivity index (χ4n) is 4.38. The summed E-state index contributed by atoms with van der Waals surface area (Å²) in [5.74, 6) is 1.32. The van der Waals surface area contributed by atoms with Gasteiger partial charge in [0.15, 0.2) is 0 Å². The summed E-state index contributed by atoms with van der Waals surface area (Å²) in [6.07, 6.45) is 8.53. The number of aliphatic hydroxyl groups is 1. The fraction of sp³-hybridized carbons (Fsp3) is 0.737. The monoisotopic (exact) mass is 362 g/mol. The van der Waals surface area contributed by atoms with E-state index in [9.17, 15) is 14.7 Å². The van der Waals surface area contributed by atoms with E-state index in [-0.39, 0.29) is 23.8 Å². The second-order valence-corrected chi connectivity index (χ2v) is 7.73. The molecule has 1 atom stereocenters. The molecule has 26 heavy (non-hydrogen) atoms. The highest BCUT2D eigenvalue weighted by molar-refractivity contribution is 5.78. The number of nitrogens with zero attached hydrogens (tertiary/aromatic N) is 4. The van der Waals surface area contributed by atoms with E-state index in [1.807, 2.05) is 18.0 Å². The van der Waals surface area contributed by atoms with Crippen LogP contribution >= 0.6 is 0 Å². The molecule has 7 heteroatoms. The Balaban J connectivity index is 1.53. The molecule has 0 aromatic carbocycles. The Morgan fingerprint density at radius 3 is 2.88 bits per heavy atom. The molecule has 0 saturated carbocycles. The molecule has 1 spiro atoms. The third-order valence-corrected chi connectivity index (χ3v) is 5.85. The Kier molecular flexibility index (Phi) is 5.96. The summed E-state index contributed by atoms with van der Waals surface area (Å²) in [5, 5.41) is 9.19. The molecule has 1 N–H and O–H groups in total. The summed E-state index contributed by atoms with van der Waals surface area (Å²) in [7, 11) is 0. The SMILES string of the molecule is Cc1nccn1CCCC(=O)N1CCC[C@@]2(CCC(=O)N(CCO)C2)C1. The number of rotatable bonds is 6. The van der Waals surface area contributed by atoms with Gasteiger partial charge in [-0.25, -0.2) is 4.98 Å². The summed E-state index contributed by atoms with van der Waals surface area (Å²) in [6, 6.07) is 0. The van der Waals surface area contributed by atoms with E-state index in [1.54, 1.807) is 11.1 Å². The van der Waals surface area contributed by atoms with Gasteiger partial charge in [-0.15, -0.1) is 0 Å². The smallest absolute Gasteiger partial charge is 0.222 e. The quantitative estimate of drug-likeness (QED) is 0.825. The highest BCUT2D eigenvalue weighted by Crippen LogP contribution is 2.39. The zero-order valence-electron chi connectivity index (χ0n) is 15.7. The first-order chi connectivity index (χ1) is 12.5. The van der Waals surface area contributed by atoms with Gasteiger partial charge in [0.2, 0.25) is 11.8 Å². The maximum Gasteiger partial charge on any atom is 0.222 e. The Bertz CT molecular complexity index is 644. The fourth-order valence-corrected chi connectivity index (χ4v) is 4.38. The van der Waals surface area contributed by atoms with Gasteiger partial charge < -0.3 is 19.5 Å². The van der Waals surface area contributed by atoms with Crippen molar-refractivity contribution in [3.63, 3.8) is 0 Å². The molecule has 2 fully saturated rings. The third-order valence-electron chi connectivity index (χ3n) is 5.85. The summed E-state index contributed by atoms with van der Waals surface area (Å²) in [5.41, 5.74) is 0.0118. The largest absolute Gasteiger partial charge is 0.395 e. The molecule has 2 aliphatic heterocycles. The molecule has 7 nitrogen and oxygen atoms in total. The first-order valence-electron chi connectivity index (χ1n) is 9.67. The molecule has 0 aliphatic carbocycles. The van der Waals surface area contributed by atoms with E-state index in [4.69, 9.17) is 0 Å². The summed E-state index contributed by atoms with van der Waals surface area (Å²) in [4.78, 5) is 32.7. The Hall–Kier alpha value is -1.89. The van der Waals surface area contributed by atoms with Crippen LogP contribution in [0.15, 0.2) is 12.4 Å². The van der Waals surface area contributed by atoms with Crippen LogP contribution in [0.4, 0.5) is 0 Å². The average molecular weight is 362 g/mol. The molecule has 0 unspecified atom stereocenters. The molecule has 1 aromatic heterocycles. The molecule has 3 rings (SSSR count). The molecule has 2 aliphatic rings. The lowest BCUT2D eigenvalue weighted by Crippen LogP contribution is -2.55. The number of amides is 2. The number of piperidine rings is 2. The molecule has 144 valence electrons. The Morgan fingerprint density at radius 1 is 1.31 bits per heavy atom. The van der Waals surface area contributed by atoms with E-state index in [0.29, 0.717) is 25.9 Å². The highest BCUT2D eigenvalue weighted by atomic mass is 16.3. The predicted octanol–water partition coefficient (Wildman–Crippen LogP) is 1.20. The number of aromatic nitrogens is 2. The summed E-state index contributed by atoms with van der Waals surface area (Å²) in [6.45, 7) is 5.42. The van der Waals surface area contributed by atoms with Crippen molar-refractivity contribution in [2.45, 2.75) is 52.0 Å². The number of carbonyl (C=O) groups excluding carboxylic acids is 2. The van der Waals surface area contributed by atoms with Gasteiger partial charge >= 0.3 is 0 Å². The number of imidazole rings is 1. The van der Waals surface area contributed by atoms with Crippen LogP contribution in [-0.4, -0.2) is 69.1 Å². The van der Waals surface area contributed by atoms with E-state index >= 15 is 0 Å². The standard InChI is InChI=1S/C19H30N4O3/c1-16-20-8-11-21(16)9-2-4-17(25)22-10-3-6-19(14-22)7-5-18(26)23(15-19)12-13-24/h8,11,24H,2-7,9-10,12-15H2,1H3/t19-/m1/s1. The topological polar surface area (TPSA) is 78.7 Å². The van der Waals surface area contributed by atoms with Gasteiger partial charge in [0.25, 0.3) is 0 Å². The molecular formula is C19H30N4O3. The third kappa shape index (κ3) is 4.26. The van der Waals surface area contributed by atoms with Crippen LogP contribution in [-0.2, 0) is 16.1 Å². The lowest BCUT2D eigenvalue weighted by atomic mass is 9.73. The number of hydrogen-bond donors (Lipinski definition) is 1. The van der Waals surface area contributed by atoms with Crippen molar-refractivity contribution in [2.75, 3.05) is 32.8 Å². The van der Waals surface area contributed by atoms with E-state index < -0.39 is 0 Å². The van der Waals surface area contributed by atoms with Crippen molar-refractivity contribution in [3.8, 4) is 0 Å². The minimum Gasteiger partial charge on any atom is -0.395 e. The number of β-amino-alcohol motifs (C(OH)–C–C–N with tert-alkyl or cyclic N) is 1. The van der Waals surface area contributed by atoms with Crippen LogP contribution in [0.3, 0.4) is 0 Å². The van der Waals surface area contributed by atoms with Crippen LogP contribution in [0.5, 0.6) is 0 Å². The lowest BCUT2D eigenvalue weighted by Gasteiger charge is -2.48. The van der Waals surface area contributed by atoms with E-state index in [0.717, 1.165) is 51.1 Å². The van der Waals surface area contributed by atoms with Crippen molar-refractivity contribution in [1.82, 2.24) is 19.4 Å². The molecule has 0 bridgehead atoms. The average Bonchev–Trinajstić information content (AvgIpc) is 3.04. The van der Waals surface area contributed by atoms with Crippen molar-refractivity contribution in [2.24, 2.45) is 5.41 Å². The number of hydrogen-bond acceptors (Lipinski definition) is 4. The number of aliphatic hydroxyl groups excluding tert-OH is 1. The maximum atomic E-state index is 12.7. The van der Waals surface area contributed by atoms with Crippen molar-refractivity contribution in [3.05, 3.63) is 18.2 Å². The minimum atomic E-state index is -0.00185. The second kappa shape index (κ2) is 8.20. The first kappa shape index (κ1) is 18.9. The first-order valence-corrected chi connectivity index (χ1v) is 9.67. The van der Waals surface area contributed by atoms with Gasteiger partial charge in [-0.05, 0) is 32.6 Å². The maximum absolute atomic E-state index is 12.7. The van der Waals surface area contributed by atoms with Gasteiger partial charge in [-0.2, -0.15) is 0 Å². The number of carbonyl (C=O) groups is 2. The number of likely N-dealkylation sites (tertiary alicyclic amines) is 2. The Labute approximate surface area is 155 Å². The highest BCUT2D eigenvalue weighted by Gasteiger charge is 2.42.